The molecule has 1 amide bonds. The fourth-order valence-corrected chi connectivity index (χ4v) is 1.93. The van der Waals surface area contributed by atoms with Gasteiger partial charge in [0.1, 0.15) is 0 Å². The molecule has 0 atom stereocenters. The molecule has 9 heteroatoms. The predicted octanol–water partition coefficient (Wildman–Crippen LogP) is 2.56. The van der Waals surface area contributed by atoms with Crippen LogP contribution in [0.4, 0.5) is 6.01 Å². The van der Waals surface area contributed by atoms with Crippen molar-refractivity contribution in [2.45, 2.75) is 13.5 Å². The average molecular weight is 352 g/mol. The quantitative estimate of drug-likeness (QED) is 0.775. The molecule has 108 valence electrons. The summed E-state index contributed by atoms with van der Waals surface area (Å²) in [6.07, 6.45) is 1.72. The molecule has 3 aromatic heterocycles. The first-order valence-electron chi connectivity index (χ1n) is 6.09. The second kappa shape index (κ2) is 5.52. The van der Waals surface area contributed by atoms with Gasteiger partial charge in [-0.3, -0.25) is 14.8 Å². The predicted molar refractivity (Wildman–Crippen MR) is 75.6 cm³/mol. The number of amides is 1. The third-order valence-corrected chi connectivity index (χ3v) is 3.05. The number of halogens is 1. The van der Waals surface area contributed by atoms with Crippen LogP contribution in [-0.2, 0) is 6.54 Å². The lowest BCUT2D eigenvalue weighted by atomic mass is 10.4. The van der Waals surface area contributed by atoms with Crippen molar-refractivity contribution in [1.29, 1.82) is 0 Å². The zero-order valence-corrected chi connectivity index (χ0v) is 12.5. The highest BCUT2D eigenvalue weighted by Gasteiger charge is 2.16. The molecule has 3 rings (SSSR count). The number of carbonyl (C=O) groups is 1. The van der Waals surface area contributed by atoms with Crippen LogP contribution in [0.2, 0.25) is 0 Å². The van der Waals surface area contributed by atoms with Gasteiger partial charge in [0, 0.05) is 12.7 Å². The normalized spacial score (nSPS) is 10.8. The average Bonchev–Trinajstić information content (AvgIpc) is 3.17. The van der Waals surface area contributed by atoms with E-state index < -0.39 is 5.91 Å². The Bertz CT molecular complexity index is 775. The minimum Gasteiger partial charge on any atom is -0.444 e. The molecule has 0 saturated heterocycles. The highest BCUT2D eigenvalue weighted by molar-refractivity contribution is 9.10. The lowest BCUT2D eigenvalue weighted by molar-refractivity contribution is 0.101. The smallest absolute Gasteiger partial charge is 0.322 e. The monoisotopic (exact) mass is 351 g/mol. The molecule has 3 heterocycles. The van der Waals surface area contributed by atoms with Crippen LogP contribution in [0.5, 0.6) is 0 Å². The minimum atomic E-state index is -0.418. The van der Waals surface area contributed by atoms with Gasteiger partial charge in [0.2, 0.25) is 0 Å². The molecule has 0 unspecified atom stereocenters. The molecular weight excluding hydrogens is 342 g/mol. The van der Waals surface area contributed by atoms with E-state index in [1.807, 2.05) is 6.92 Å². The summed E-state index contributed by atoms with van der Waals surface area (Å²) in [4.78, 5) is 11.9. The van der Waals surface area contributed by atoms with E-state index in [4.69, 9.17) is 8.83 Å². The molecule has 3 aromatic rings. The lowest BCUT2D eigenvalue weighted by Crippen LogP contribution is -2.13. The van der Waals surface area contributed by atoms with Gasteiger partial charge in [-0.2, -0.15) is 5.10 Å². The summed E-state index contributed by atoms with van der Waals surface area (Å²) in [5.74, 6) is 0.165. The molecule has 0 fully saturated rings. The summed E-state index contributed by atoms with van der Waals surface area (Å²) in [5, 5.41) is 14.1. The van der Waals surface area contributed by atoms with E-state index in [1.165, 1.54) is 0 Å². The first-order valence-corrected chi connectivity index (χ1v) is 6.89. The molecule has 0 bridgehead atoms. The van der Waals surface area contributed by atoms with Crippen molar-refractivity contribution in [3.05, 3.63) is 34.8 Å². The molecule has 21 heavy (non-hydrogen) atoms. The number of rotatable bonds is 4. The zero-order chi connectivity index (χ0) is 14.8. The van der Waals surface area contributed by atoms with E-state index >= 15 is 0 Å². The number of anilines is 1. The highest BCUT2D eigenvalue weighted by atomic mass is 79.9. The number of aryl methyl sites for hydroxylation is 1. The standard InChI is InChI=1S/C12H10BrN5O3/c1-2-18-6-5-7(17-18)10(19)14-12-16-15-11(21-12)8-3-4-9(13)20-8/h3-6H,2H2,1H3,(H,14,16,19). The number of nitrogens with one attached hydrogen (secondary N) is 1. The molecular formula is C12H10BrN5O3. The van der Waals surface area contributed by atoms with Gasteiger partial charge in [0.15, 0.2) is 16.1 Å². The molecule has 0 spiro atoms. The second-order valence-corrected chi connectivity index (χ2v) is 4.81. The molecule has 8 nitrogen and oxygen atoms in total. The van der Waals surface area contributed by atoms with Gasteiger partial charge in [-0.05, 0) is 41.1 Å². The Balaban J connectivity index is 1.73. The van der Waals surface area contributed by atoms with E-state index in [-0.39, 0.29) is 17.6 Å². The van der Waals surface area contributed by atoms with E-state index in [1.54, 1.807) is 29.1 Å². The molecule has 1 N–H and O–H groups in total. The zero-order valence-electron chi connectivity index (χ0n) is 10.9. The Labute approximate surface area is 127 Å². The summed E-state index contributed by atoms with van der Waals surface area (Å²) in [7, 11) is 0. The van der Waals surface area contributed by atoms with Crippen LogP contribution in [0.1, 0.15) is 17.4 Å². The Morgan fingerprint density at radius 1 is 1.33 bits per heavy atom. The maximum absolute atomic E-state index is 11.9. The number of hydrogen-bond acceptors (Lipinski definition) is 6. The second-order valence-electron chi connectivity index (χ2n) is 4.03. The summed E-state index contributed by atoms with van der Waals surface area (Å²) in [5.41, 5.74) is 0.275. The SMILES string of the molecule is CCn1ccc(C(=O)Nc2nnc(-c3ccc(Br)o3)o2)n1. The van der Waals surface area contributed by atoms with Gasteiger partial charge < -0.3 is 8.83 Å². The first kappa shape index (κ1) is 13.6. The maximum atomic E-state index is 11.9. The van der Waals surface area contributed by atoms with Gasteiger partial charge in [0.25, 0.3) is 11.8 Å². The molecule has 0 aliphatic heterocycles. The Morgan fingerprint density at radius 3 is 2.86 bits per heavy atom. The van der Waals surface area contributed by atoms with Gasteiger partial charge in [0.05, 0.1) is 0 Å². The van der Waals surface area contributed by atoms with Crippen LogP contribution in [0.3, 0.4) is 0 Å². The van der Waals surface area contributed by atoms with E-state index in [0.717, 1.165) is 0 Å². The number of furan rings is 1. The number of carbonyl (C=O) groups excluding carboxylic acids is 1. The van der Waals surface area contributed by atoms with Crippen LogP contribution < -0.4 is 5.32 Å². The van der Waals surface area contributed by atoms with E-state index in [0.29, 0.717) is 17.0 Å². The Morgan fingerprint density at radius 2 is 2.19 bits per heavy atom. The first-order chi connectivity index (χ1) is 10.2. The Kier molecular flexibility index (Phi) is 3.57. The van der Waals surface area contributed by atoms with Crippen LogP contribution in [0.15, 0.2) is 37.9 Å². The van der Waals surface area contributed by atoms with Crippen molar-refractivity contribution in [1.82, 2.24) is 20.0 Å². The highest BCUT2D eigenvalue weighted by Crippen LogP contribution is 2.24. The minimum absolute atomic E-state index is 0.0198. The Hall–Kier alpha value is -2.42. The fraction of sp³-hybridized carbons (Fsp3) is 0.167. The van der Waals surface area contributed by atoms with Crippen LogP contribution in [-0.4, -0.2) is 25.9 Å². The summed E-state index contributed by atoms with van der Waals surface area (Å²) < 4.78 is 12.8. The summed E-state index contributed by atoms with van der Waals surface area (Å²) in [6, 6.07) is 4.97. The van der Waals surface area contributed by atoms with Gasteiger partial charge in [-0.25, -0.2) is 0 Å². The number of hydrogen-bond donors (Lipinski definition) is 1. The van der Waals surface area contributed by atoms with Crippen molar-refractivity contribution in [2.24, 2.45) is 0 Å². The van der Waals surface area contributed by atoms with E-state index in [2.05, 4.69) is 36.5 Å². The van der Waals surface area contributed by atoms with E-state index in [9.17, 15) is 4.79 Å². The van der Waals surface area contributed by atoms with Crippen molar-refractivity contribution >= 4 is 27.9 Å². The van der Waals surface area contributed by atoms with Gasteiger partial charge in [-0.1, -0.05) is 5.10 Å². The topological polar surface area (TPSA) is 99.0 Å². The van der Waals surface area contributed by atoms with Crippen LogP contribution in [0, 0.1) is 0 Å². The summed E-state index contributed by atoms with van der Waals surface area (Å²) in [6.45, 7) is 2.62. The summed E-state index contributed by atoms with van der Waals surface area (Å²) >= 11 is 3.18. The lowest BCUT2D eigenvalue weighted by Gasteiger charge is -1.96. The van der Waals surface area contributed by atoms with Crippen LogP contribution in [0.25, 0.3) is 11.7 Å². The van der Waals surface area contributed by atoms with Crippen molar-refractivity contribution < 1.29 is 13.6 Å². The largest absolute Gasteiger partial charge is 0.444 e. The number of aromatic nitrogens is 4. The third kappa shape index (κ3) is 2.87. The molecule has 0 aliphatic carbocycles. The number of nitrogens with zero attached hydrogens (tertiary/aromatic N) is 4. The third-order valence-electron chi connectivity index (χ3n) is 2.63. The molecule has 0 aromatic carbocycles. The van der Waals surface area contributed by atoms with Crippen molar-refractivity contribution in [3.8, 4) is 11.7 Å². The fourth-order valence-electron chi connectivity index (χ4n) is 1.62. The maximum Gasteiger partial charge on any atom is 0.322 e. The molecule has 0 radical (unpaired) electrons. The van der Waals surface area contributed by atoms with Crippen molar-refractivity contribution in [3.63, 3.8) is 0 Å². The van der Waals surface area contributed by atoms with Crippen molar-refractivity contribution in [2.75, 3.05) is 5.32 Å². The van der Waals surface area contributed by atoms with Gasteiger partial charge in [-0.15, -0.1) is 5.10 Å². The van der Waals surface area contributed by atoms with Crippen LogP contribution >= 0.6 is 15.9 Å². The molecule has 0 saturated carbocycles. The van der Waals surface area contributed by atoms with Gasteiger partial charge >= 0.3 is 6.01 Å². The molecule has 0 aliphatic rings.